The Balaban J connectivity index is 1.03. The maximum atomic E-state index is 2.55. The summed E-state index contributed by atoms with van der Waals surface area (Å²) in [5, 5.41) is 9.93. The first-order valence-electron chi connectivity index (χ1n) is 29.4. The molecule has 0 spiro atoms. The van der Waals surface area contributed by atoms with Crippen LogP contribution in [0.3, 0.4) is 0 Å². The fraction of sp³-hybridized carbons (Fsp3) is 0.200. The number of fused-ring (bicyclic) bond motifs is 3. The summed E-state index contributed by atoms with van der Waals surface area (Å²) in [7, 11) is 0. The molecule has 82 heavy (non-hydrogen) atoms. The number of anilines is 3. The zero-order valence-corrected chi connectivity index (χ0v) is 49.8. The fourth-order valence-corrected chi connectivity index (χ4v) is 12.4. The molecule has 12 aromatic carbocycles. The van der Waals surface area contributed by atoms with E-state index in [0.29, 0.717) is 0 Å². The summed E-state index contributed by atoms with van der Waals surface area (Å²) in [5.74, 6) is 0. The van der Waals surface area contributed by atoms with E-state index < -0.39 is 0 Å². The minimum absolute atomic E-state index is 0.00507. The van der Waals surface area contributed by atoms with Crippen molar-refractivity contribution >= 4 is 71.2 Å². The quantitative estimate of drug-likeness (QED) is 0.138. The lowest BCUT2D eigenvalue weighted by Gasteiger charge is -2.28. The van der Waals surface area contributed by atoms with Crippen LogP contribution in [-0.2, 0) is 21.7 Å². The van der Waals surface area contributed by atoms with E-state index in [4.69, 9.17) is 0 Å². The second-order valence-electron chi connectivity index (χ2n) is 27.2. The van der Waals surface area contributed by atoms with Crippen LogP contribution in [0.5, 0.6) is 0 Å². The van der Waals surface area contributed by atoms with Crippen LogP contribution in [0.15, 0.2) is 231 Å². The molecule has 13 aromatic rings. The number of aromatic nitrogens is 1. The summed E-state index contributed by atoms with van der Waals surface area (Å²) in [5.41, 5.74) is 22.1. The third kappa shape index (κ3) is 9.42. The lowest BCUT2D eigenvalue weighted by atomic mass is 9.78. The molecule has 1 heterocycles. The van der Waals surface area contributed by atoms with Gasteiger partial charge in [0.15, 0.2) is 0 Å². The Bertz CT molecular complexity index is 4270. The molecule has 0 aliphatic heterocycles. The van der Waals surface area contributed by atoms with Crippen molar-refractivity contribution in [2.24, 2.45) is 0 Å². The van der Waals surface area contributed by atoms with Crippen LogP contribution in [0.25, 0.3) is 104 Å². The van der Waals surface area contributed by atoms with Crippen molar-refractivity contribution < 1.29 is 0 Å². The van der Waals surface area contributed by atoms with E-state index >= 15 is 0 Å². The highest BCUT2D eigenvalue weighted by Crippen LogP contribution is 2.48. The van der Waals surface area contributed by atoms with Gasteiger partial charge in [0.1, 0.15) is 0 Å². The standard InChI is InChI=1S/C80H74N2/c1-77(2,3)61-43-59(44-62(49-61)78(4,5)6)57-31-41-73-69(47-57)70-48-58(60-45-63(79(7,8)9)50-64(46-60)80(10,11)12)32-42-74(70)82(73)72-40-30-56-27-37-67-71(39-29-55-28-38-68(72)76(56)75(55)67)81(65-33-23-53(24-34-65)51-19-15-13-16-20-51)66-35-25-54(26-36-66)52-21-17-14-18-22-52/h13-50H,1-12H3. The van der Waals surface area contributed by atoms with E-state index in [0.717, 1.165) is 17.1 Å². The van der Waals surface area contributed by atoms with Gasteiger partial charge in [-0.1, -0.05) is 253 Å². The maximum absolute atomic E-state index is 2.55. The predicted molar refractivity (Wildman–Crippen MR) is 356 cm³/mol. The normalized spacial score (nSPS) is 12.6. The number of rotatable bonds is 8. The minimum atomic E-state index is -0.00507. The van der Waals surface area contributed by atoms with Crippen LogP contribution < -0.4 is 4.90 Å². The number of nitrogens with zero attached hydrogens (tertiary/aromatic N) is 2. The van der Waals surface area contributed by atoms with Crippen molar-refractivity contribution in [3.8, 4) is 50.2 Å². The van der Waals surface area contributed by atoms with Crippen molar-refractivity contribution in [3.63, 3.8) is 0 Å². The molecular weight excluding hydrogens is 989 g/mol. The Labute approximate surface area is 485 Å². The van der Waals surface area contributed by atoms with Gasteiger partial charge in [0, 0.05) is 32.9 Å². The van der Waals surface area contributed by atoms with Crippen molar-refractivity contribution in [3.05, 3.63) is 253 Å². The first-order valence-corrected chi connectivity index (χ1v) is 29.4. The Kier molecular flexibility index (Phi) is 12.5. The van der Waals surface area contributed by atoms with Gasteiger partial charge in [0.05, 0.1) is 22.4 Å². The van der Waals surface area contributed by atoms with Gasteiger partial charge in [0.25, 0.3) is 0 Å². The van der Waals surface area contributed by atoms with Crippen LogP contribution >= 0.6 is 0 Å². The van der Waals surface area contributed by atoms with Gasteiger partial charge >= 0.3 is 0 Å². The van der Waals surface area contributed by atoms with Crippen LogP contribution in [0, 0.1) is 0 Å². The molecule has 2 nitrogen and oxygen atoms in total. The molecule has 2 heteroatoms. The number of benzene rings is 12. The summed E-state index contributed by atoms with van der Waals surface area (Å²) >= 11 is 0. The van der Waals surface area contributed by atoms with E-state index in [1.807, 2.05) is 0 Å². The van der Waals surface area contributed by atoms with E-state index in [2.05, 4.69) is 323 Å². The van der Waals surface area contributed by atoms with Gasteiger partial charge in [-0.15, -0.1) is 0 Å². The van der Waals surface area contributed by atoms with Gasteiger partial charge in [-0.05, 0) is 171 Å². The van der Waals surface area contributed by atoms with Gasteiger partial charge in [-0.2, -0.15) is 0 Å². The van der Waals surface area contributed by atoms with Gasteiger partial charge < -0.3 is 9.47 Å². The third-order valence-electron chi connectivity index (χ3n) is 17.3. The highest BCUT2D eigenvalue weighted by molar-refractivity contribution is 6.27. The van der Waals surface area contributed by atoms with E-state index in [1.54, 1.807) is 0 Å². The minimum Gasteiger partial charge on any atom is -0.310 e. The molecule has 0 radical (unpaired) electrons. The molecule has 0 aliphatic rings. The van der Waals surface area contributed by atoms with Crippen LogP contribution in [0.2, 0.25) is 0 Å². The Morgan fingerprint density at radius 3 is 1.04 bits per heavy atom. The van der Waals surface area contributed by atoms with E-state index in [1.165, 1.54) is 127 Å². The molecule has 0 amide bonds. The Hall–Kier alpha value is -8.72. The molecule has 0 saturated carbocycles. The number of hydrogen-bond acceptors (Lipinski definition) is 1. The molecule has 0 atom stereocenters. The summed E-state index contributed by atoms with van der Waals surface area (Å²) in [6.07, 6.45) is 0. The Morgan fingerprint density at radius 1 is 0.268 bits per heavy atom. The lowest BCUT2D eigenvalue weighted by Crippen LogP contribution is -2.16. The van der Waals surface area contributed by atoms with Crippen molar-refractivity contribution in [1.82, 2.24) is 4.57 Å². The van der Waals surface area contributed by atoms with E-state index in [9.17, 15) is 0 Å². The monoisotopic (exact) mass is 1060 g/mol. The zero-order chi connectivity index (χ0) is 57.0. The molecule has 404 valence electrons. The van der Waals surface area contributed by atoms with E-state index in [-0.39, 0.29) is 21.7 Å². The predicted octanol–water partition coefficient (Wildman–Crippen LogP) is 23.0. The molecular formula is C80H74N2. The largest absolute Gasteiger partial charge is 0.310 e. The Morgan fingerprint density at radius 2 is 0.622 bits per heavy atom. The van der Waals surface area contributed by atoms with Crippen molar-refractivity contribution in [1.29, 1.82) is 0 Å². The van der Waals surface area contributed by atoms with Crippen molar-refractivity contribution in [2.75, 3.05) is 4.90 Å². The fourth-order valence-electron chi connectivity index (χ4n) is 12.4. The maximum Gasteiger partial charge on any atom is 0.0541 e. The SMILES string of the molecule is CC(C)(C)c1cc(-c2ccc3c(c2)c2cc(-c4cc(C(C)(C)C)cc(C(C)(C)C)c4)ccc2n3-c2ccc3ccc4c(N(c5ccc(-c6ccccc6)cc5)c5ccc(-c6ccccc6)cc5)ccc5ccc2c3c54)cc(C(C)(C)C)c1. The summed E-state index contributed by atoms with van der Waals surface area (Å²) < 4.78 is 2.55. The molecule has 13 rings (SSSR count). The van der Waals surface area contributed by atoms with Crippen molar-refractivity contribution in [2.45, 2.75) is 105 Å². The summed E-state index contributed by atoms with van der Waals surface area (Å²) in [6.45, 7) is 28.0. The molecule has 0 unspecified atom stereocenters. The molecule has 0 N–H and O–H groups in total. The first-order chi connectivity index (χ1) is 39.2. The van der Waals surface area contributed by atoms with Gasteiger partial charge in [0.2, 0.25) is 0 Å². The smallest absolute Gasteiger partial charge is 0.0541 e. The van der Waals surface area contributed by atoms with Crippen LogP contribution in [-0.4, -0.2) is 4.57 Å². The average molecular weight is 1060 g/mol. The highest BCUT2D eigenvalue weighted by atomic mass is 15.1. The average Bonchev–Trinajstić information content (AvgIpc) is 1.65. The second-order valence-corrected chi connectivity index (χ2v) is 27.2. The zero-order valence-electron chi connectivity index (χ0n) is 49.8. The molecule has 0 fully saturated rings. The topological polar surface area (TPSA) is 8.17 Å². The van der Waals surface area contributed by atoms with Gasteiger partial charge in [-0.3, -0.25) is 0 Å². The summed E-state index contributed by atoms with van der Waals surface area (Å²) in [6, 6.07) is 87.3. The number of hydrogen-bond donors (Lipinski definition) is 0. The van der Waals surface area contributed by atoms with Gasteiger partial charge in [-0.25, -0.2) is 0 Å². The molecule has 0 saturated heterocycles. The molecule has 0 bridgehead atoms. The van der Waals surface area contributed by atoms with Crippen LogP contribution in [0.4, 0.5) is 17.1 Å². The molecule has 0 aliphatic carbocycles. The second kappa shape index (κ2) is 19.5. The highest BCUT2D eigenvalue weighted by Gasteiger charge is 2.26. The lowest BCUT2D eigenvalue weighted by molar-refractivity contribution is 0.568. The first kappa shape index (κ1) is 52.6. The summed E-state index contributed by atoms with van der Waals surface area (Å²) in [4.78, 5) is 2.45. The van der Waals surface area contributed by atoms with Crippen LogP contribution in [0.1, 0.15) is 105 Å². The molecule has 1 aromatic heterocycles. The third-order valence-corrected chi connectivity index (χ3v) is 17.3.